The van der Waals surface area contributed by atoms with Gasteiger partial charge in [-0.05, 0) is 160 Å². The van der Waals surface area contributed by atoms with Gasteiger partial charge >= 0.3 is 0 Å². The van der Waals surface area contributed by atoms with E-state index in [1.54, 1.807) is 0 Å². The van der Waals surface area contributed by atoms with Crippen molar-refractivity contribution < 1.29 is 4.42 Å². The van der Waals surface area contributed by atoms with E-state index in [1.165, 1.54) is 71.7 Å². The number of nitrogens with one attached hydrogen (secondary N) is 1. The molecule has 0 fully saturated rings. The van der Waals surface area contributed by atoms with Crippen LogP contribution in [0.3, 0.4) is 0 Å². The number of fused-ring (bicyclic) bond motifs is 8. The Balaban J connectivity index is 1.21. The van der Waals surface area contributed by atoms with E-state index in [1.807, 2.05) is 0 Å². The molecule has 2 aliphatic carbocycles. The molecule has 0 spiro atoms. The van der Waals surface area contributed by atoms with Crippen molar-refractivity contribution in [2.24, 2.45) is 0 Å². The molecule has 3 heterocycles. The number of nitrogens with zero attached hydrogens (tertiary/aromatic N) is 2. The number of hydrogen-bond donors (Lipinski definition) is 1. The highest BCUT2D eigenvalue weighted by atomic mass is 16.3. The Bertz CT molecular complexity index is 3760. The number of benzene rings is 8. The summed E-state index contributed by atoms with van der Waals surface area (Å²) in [6.45, 7) is 21.8. The molecule has 1 radical (unpaired) electrons. The molecule has 72 heavy (non-hydrogen) atoms. The van der Waals surface area contributed by atoms with Crippen LogP contribution in [-0.4, -0.2) is 11.8 Å². The molecule has 355 valence electrons. The Kier molecular flexibility index (Phi) is 9.86. The standard InChI is InChI=1S/C67H63BN3O/c1-41-25-27-44(28-26-41)69-55-38-52-50(64(2,3)29-31-66(52,6)7)35-47(55)48-37-58(70(45-21-15-11-16-22-45)46-23-17-12-18-24-46)61-49-36-51-53(67(8,9)32-30-65(51,4)5)39-56(49)71-57-40-60-43(33-54(57)68-62(48)63(61)71)34-59(72-60)42-19-13-10-14-20-42/h10-28,33-40,69H,29-32H2,1-9H3. The van der Waals surface area contributed by atoms with Crippen LogP contribution in [0.5, 0.6) is 0 Å². The maximum atomic E-state index is 6.84. The van der Waals surface area contributed by atoms with Crippen molar-refractivity contribution in [3.63, 3.8) is 0 Å². The van der Waals surface area contributed by atoms with Crippen molar-refractivity contribution in [2.45, 2.75) is 110 Å². The van der Waals surface area contributed by atoms with E-state index in [2.05, 4.69) is 248 Å². The van der Waals surface area contributed by atoms with Crippen molar-refractivity contribution in [1.29, 1.82) is 0 Å². The fourth-order valence-corrected chi connectivity index (χ4v) is 12.7. The van der Waals surface area contributed by atoms with E-state index in [0.717, 1.165) is 82.1 Å². The van der Waals surface area contributed by atoms with Gasteiger partial charge in [0.25, 0.3) is 0 Å². The Hall–Kier alpha value is -7.24. The summed E-state index contributed by atoms with van der Waals surface area (Å²) in [7, 11) is 2.50. The Labute approximate surface area is 426 Å². The van der Waals surface area contributed by atoms with Crippen molar-refractivity contribution in [1.82, 2.24) is 4.57 Å². The number of furan rings is 1. The summed E-state index contributed by atoms with van der Waals surface area (Å²) in [6.07, 6.45) is 4.54. The summed E-state index contributed by atoms with van der Waals surface area (Å²) < 4.78 is 9.46. The summed E-state index contributed by atoms with van der Waals surface area (Å²) in [5.74, 6) is 0.877. The lowest BCUT2D eigenvalue weighted by atomic mass is 9.58. The summed E-state index contributed by atoms with van der Waals surface area (Å²) in [6, 6.07) is 61.1. The van der Waals surface area contributed by atoms with Crippen LogP contribution in [0.4, 0.5) is 28.4 Å². The van der Waals surface area contributed by atoms with Gasteiger partial charge in [0, 0.05) is 61.8 Å². The molecule has 0 bridgehead atoms. The Morgan fingerprint density at radius 1 is 0.556 bits per heavy atom. The lowest BCUT2D eigenvalue weighted by Crippen LogP contribution is -2.38. The number of aromatic nitrogens is 1. The lowest BCUT2D eigenvalue weighted by molar-refractivity contribution is 0.332. The largest absolute Gasteiger partial charge is 0.456 e. The second-order valence-corrected chi connectivity index (χ2v) is 23.9. The van der Waals surface area contributed by atoms with Crippen LogP contribution in [0.15, 0.2) is 168 Å². The molecule has 0 saturated heterocycles. The molecule has 3 aliphatic rings. The van der Waals surface area contributed by atoms with Crippen molar-refractivity contribution in [2.75, 3.05) is 10.2 Å². The molecule has 1 N–H and O–H groups in total. The third kappa shape index (κ3) is 7.01. The first-order valence-corrected chi connectivity index (χ1v) is 26.2. The van der Waals surface area contributed by atoms with Gasteiger partial charge in [-0.25, -0.2) is 0 Å². The summed E-state index contributed by atoms with van der Waals surface area (Å²) >= 11 is 0. The summed E-state index contributed by atoms with van der Waals surface area (Å²) in [4.78, 5) is 2.51. The molecule has 0 saturated carbocycles. The third-order valence-electron chi connectivity index (χ3n) is 17.2. The van der Waals surface area contributed by atoms with Gasteiger partial charge < -0.3 is 19.2 Å². The average molecular weight is 937 g/mol. The minimum absolute atomic E-state index is 0.00610. The molecule has 10 aromatic rings. The Morgan fingerprint density at radius 3 is 1.72 bits per heavy atom. The number of aryl methyl sites for hydroxylation is 1. The van der Waals surface area contributed by atoms with Crippen LogP contribution in [0.2, 0.25) is 0 Å². The zero-order valence-electron chi connectivity index (χ0n) is 43.3. The Morgan fingerprint density at radius 2 is 1.11 bits per heavy atom. The van der Waals surface area contributed by atoms with Gasteiger partial charge in [-0.1, -0.05) is 151 Å². The number of rotatable bonds is 7. The van der Waals surface area contributed by atoms with E-state index < -0.39 is 0 Å². The first-order chi connectivity index (χ1) is 34.5. The van der Waals surface area contributed by atoms with E-state index >= 15 is 0 Å². The van der Waals surface area contributed by atoms with Crippen LogP contribution in [0, 0.1) is 6.92 Å². The molecule has 1 aliphatic heterocycles. The zero-order valence-corrected chi connectivity index (χ0v) is 43.3. The first kappa shape index (κ1) is 44.7. The van der Waals surface area contributed by atoms with Gasteiger partial charge in [-0.2, -0.15) is 0 Å². The highest BCUT2D eigenvalue weighted by Gasteiger charge is 2.41. The monoisotopic (exact) mass is 937 g/mol. The van der Waals surface area contributed by atoms with Gasteiger partial charge in [-0.3, -0.25) is 0 Å². The molecule has 0 atom stereocenters. The second-order valence-electron chi connectivity index (χ2n) is 23.9. The van der Waals surface area contributed by atoms with Crippen LogP contribution in [-0.2, 0) is 21.7 Å². The SMILES string of the molecule is Cc1ccc(Nc2cc3c(cc2-c2cc(N(c4ccccc4)c4ccccc4)c4c5cc6c(cc5n5c4c2[B]c2cc4cc(-c7ccccc7)oc4cc2-5)C(C)(C)CCC6(C)C)C(C)(C)CCC3(C)C)cc1. The summed E-state index contributed by atoms with van der Waals surface area (Å²) in [5.41, 5.74) is 22.9. The van der Waals surface area contributed by atoms with Crippen molar-refractivity contribution in [3.05, 3.63) is 192 Å². The molecule has 13 rings (SSSR count). The highest BCUT2D eigenvalue weighted by molar-refractivity contribution is 6.74. The minimum atomic E-state index is -0.0144. The predicted octanol–water partition coefficient (Wildman–Crippen LogP) is 17.1. The average Bonchev–Trinajstić information content (AvgIpc) is 3.95. The topological polar surface area (TPSA) is 33.3 Å². The molecule has 0 amide bonds. The van der Waals surface area contributed by atoms with Crippen LogP contribution >= 0.6 is 0 Å². The molecule has 8 aromatic carbocycles. The number of para-hydroxylation sites is 2. The lowest BCUT2D eigenvalue weighted by Gasteiger charge is -2.42. The van der Waals surface area contributed by atoms with Crippen LogP contribution in [0.1, 0.15) is 109 Å². The van der Waals surface area contributed by atoms with Gasteiger partial charge in [0.15, 0.2) is 7.28 Å². The molecule has 0 unspecified atom stereocenters. The molecular formula is C67H63BN3O. The maximum absolute atomic E-state index is 6.84. The smallest absolute Gasteiger partial charge is 0.197 e. The molecule has 4 nitrogen and oxygen atoms in total. The van der Waals surface area contributed by atoms with Crippen LogP contribution < -0.4 is 21.1 Å². The van der Waals surface area contributed by atoms with E-state index in [4.69, 9.17) is 4.42 Å². The molecule has 2 aromatic heterocycles. The van der Waals surface area contributed by atoms with Gasteiger partial charge in [0.2, 0.25) is 0 Å². The second kappa shape index (κ2) is 15.9. The van der Waals surface area contributed by atoms with Crippen molar-refractivity contribution in [3.8, 4) is 28.1 Å². The van der Waals surface area contributed by atoms with E-state index in [0.29, 0.717) is 0 Å². The molecular weight excluding hydrogens is 874 g/mol. The maximum Gasteiger partial charge on any atom is 0.197 e. The van der Waals surface area contributed by atoms with E-state index in [-0.39, 0.29) is 21.7 Å². The fourth-order valence-electron chi connectivity index (χ4n) is 12.7. The quantitative estimate of drug-likeness (QED) is 0.162. The first-order valence-electron chi connectivity index (χ1n) is 26.2. The number of hydrogen-bond acceptors (Lipinski definition) is 3. The van der Waals surface area contributed by atoms with Gasteiger partial charge in [-0.15, -0.1) is 0 Å². The zero-order chi connectivity index (χ0) is 49.5. The van der Waals surface area contributed by atoms with E-state index in [9.17, 15) is 0 Å². The van der Waals surface area contributed by atoms with Crippen LogP contribution in [0.25, 0.3) is 60.9 Å². The normalized spacial score (nSPS) is 16.7. The van der Waals surface area contributed by atoms with Gasteiger partial charge in [0.05, 0.1) is 16.7 Å². The highest BCUT2D eigenvalue weighted by Crippen LogP contribution is 2.54. The summed E-state index contributed by atoms with van der Waals surface area (Å²) in [5, 5.41) is 7.67. The third-order valence-corrected chi connectivity index (χ3v) is 17.2. The molecule has 5 heteroatoms. The van der Waals surface area contributed by atoms with Gasteiger partial charge in [0.1, 0.15) is 11.3 Å². The minimum Gasteiger partial charge on any atom is -0.456 e. The number of anilines is 5. The fraction of sp³-hybridized carbons (Fsp3) is 0.254. The van der Waals surface area contributed by atoms with Crippen molar-refractivity contribution >= 4 is 79.4 Å². The predicted molar refractivity (Wildman–Crippen MR) is 306 cm³/mol.